The summed E-state index contributed by atoms with van der Waals surface area (Å²) in [4.78, 5) is 24.4. The number of ketones is 1. The summed E-state index contributed by atoms with van der Waals surface area (Å²) in [7, 11) is 0. The van der Waals surface area contributed by atoms with Crippen LogP contribution in [0.4, 0.5) is 0 Å². The lowest BCUT2D eigenvalue weighted by atomic mass is 10.1. The zero-order valence-corrected chi connectivity index (χ0v) is 15.0. The number of esters is 1. The fourth-order valence-electron chi connectivity index (χ4n) is 2.76. The van der Waals surface area contributed by atoms with Gasteiger partial charge in [-0.3, -0.25) is 4.79 Å². The number of carbonyl (C=O) groups excluding carboxylic acids is 2. The fourth-order valence-corrected chi connectivity index (χ4v) is 2.76. The quantitative estimate of drug-likeness (QED) is 0.370. The molecule has 1 aliphatic rings. The van der Waals surface area contributed by atoms with Crippen molar-refractivity contribution in [2.75, 3.05) is 6.61 Å². The molecular formula is C22H16O6. The van der Waals surface area contributed by atoms with Gasteiger partial charge in [0.05, 0.1) is 18.4 Å². The van der Waals surface area contributed by atoms with Crippen LogP contribution in [0, 0.1) is 0 Å². The van der Waals surface area contributed by atoms with Gasteiger partial charge in [-0.2, -0.15) is 0 Å². The first-order chi connectivity index (χ1) is 13.6. The van der Waals surface area contributed by atoms with Gasteiger partial charge in [0.25, 0.3) is 0 Å². The minimum atomic E-state index is -0.578. The third kappa shape index (κ3) is 3.53. The lowest BCUT2D eigenvalue weighted by Gasteiger charge is -2.04. The smallest absolute Gasteiger partial charge is 0.379 e. The molecule has 3 aromatic rings. The van der Waals surface area contributed by atoms with E-state index < -0.39 is 5.97 Å². The number of carbonyl (C=O) groups is 2. The standard InChI is InChI=1S/C22H16O6/c1-2-25-16-9-10-17-19(13-16)28-20(21(17)23)12-14-5-7-15(8-6-14)27-22(24)18-4-3-11-26-18/h3-13H,2H2,1H3/b20-12-. The third-order valence-electron chi connectivity index (χ3n) is 4.06. The Morgan fingerprint density at radius 1 is 1.07 bits per heavy atom. The van der Waals surface area contributed by atoms with Crippen molar-refractivity contribution >= 4 is 17.8 Å². The predicted molar refractivity (Wildman–Crippen MR) is 101 cm³/mol. The molecule has 6 nitrogen and oxygen atoms in total. The van der Waals surface area contributed by atoms with Crippen LogP contribution >= 0.6 is 0 Å². The SMILES string of the molecule is CCOc1ccc2c(c1)O/C(=C\c1ccc(OC(=O)c3ccco3)cc1)C2=O. The Kier molecular flexibility index (Phi) is 4.68. The second-order valence-electron chi connectivity index (χ2n) is 5.97. The lowest BCUT2D eigenvalue weighted by molar-refractivity contribution is 0.0701. The van der Waals surface area contributed by atoms with Crippen molar-refractivity contribution in [2.45, 2.75) is 6.92 Å². The van der Waals surface area contributed by atoms with Crippen molar-refractivity contribution < 1.29 is 28.2 Å². The van der Waals surface area contributed by atoms with Crippen molar-refractivity contribution in [3.05, 3.63) is 83.5 Å². The molecule has 0 unspecified atom stereocenters. The van der Waals surface area contributed by atoms with Crippen LogP contribution in [0.15, 0.2) is 71.0 Å². The lowest BCUT2D eigenvalue weighted by Crippen LogP contribution is -2.06. The number of benzene rings is 2. The number of Topliss-reactive ketones (excluding diaryl/α,β-unsaturated/α-hetero) is 1. The minimum absolute atomic E-state index is 0.125. The summed E-state index contributed by atoms with van der Waals surface area (Å²) in [5.74, 6) is 1.08. The largest absolute Gasteiger partial charge is 0.494 e. The molecule has 0 bridgehead atoms. The zero-order chi connectivity index (χ0) is 19.5. The number of hydrogen-bond donors (Lipinski definition) is 0. The molecule has 0 fully saturated rings. The van der Waals surface area contributed by atoms with Crippen molar-refractivity contribution in [1.29, 1.82) is 0 Å². The molecule has 140 valence electrons. The van der Waals surface area contributed by atoms with E-state index in [1.54, 1.807) is 54.6 Å². The highest BCUT2D eigenvalue weighted by atomic mass is 16.5. The van der Waals surface area contributed by atoms with Gasteiger partial charge in [0.15, 0.2) is 5.76 Å². The van der Waals surface area contributed by atoms with E-state index >= 15 is 0 Å². The van der Waals surface area contributed by atoms with E-state index in [0.29, 0.717) is 29.4 Å². The molecule has 0 amide bonds. The summed E-state index contributed by atoms with van der Waals surface area (Å²) in [6, 6.07) is 15.0. The number of rotatable bonds is 5. The number of ether oxygens (including phenoxy) is 3. The van der Waals surface area contributed by atoms with Gasteiger partial charge in [-0.1, -0.05) is 12.1 Å². The minimum Gasteiger partial charge on any atom is -0.494 e. The Labute approximate surface area is 160 Å². The predicted octanol–water partition coefficient (Wildman–Crippen LogP) is 4.51. The van der Waals surface area contributed by atoms with E-state index in [0.717, 1.165) is 5.56 Å². The van der Waals surface area contributed by atoms with E-state index in [2.05, 4.69) is 0 Å². The third-order valence-corrected chi connectivity index (χ3v) is 4.06. The molecule has 0 saturated carbocycles. The van der Waals surface area contributed by atoms with Gasteiger partial charge in [-0.05, 0) is 55.0 Å². The molecule has 28 heavy (non-hydrogen) atoms. The number of hydrogen-bond acceptors (Lipinski definition) is 6. The van der Waals surface area contributed by atoms with Crippen molar-refractivity contribution in [1.82, 2.24) is 0 Å². The van der Waals surface area contributed by atoms with E-state index in [1.165, 1.54) is 12.3 Å². The van der Waals surface area contributed by atoms with Crippen LogP contribution in [-0.2, 0) is 0 Å². The monoisotopic (exact) mass is 376 g/mol. The van der Waals surface area contributed by atoms with Crippen LogP contribution in [0.2, 0.25) is 0 Å². The maximum Gasteiger partial charge on any atom is 0.379 e. The van der Waals surface area contributed by atoms with E-state index in [4.69, 9.17) is 18.6 Å². The first-order valence-electron chi connectivity index (χ1n) is 8.71. The molecule has 4 rings (SSSR count). The van der Waals surface area contributed by atoms with Gasteiger partial charge >= 0.3 is 5.97 Å². The Morgan fingerprint density at radius 3 is 2.57 bits per heavy atom. The van der Waals surface area contributed by atoms with Crippen molar-refractivity contribution in [3.63, 3.8) is 0 Å². The summed E-state index contributed by atoms with van der Waals surface area (Å²) in [5, 5.41) is 0. The molecule has 6 heteroatoms. The second-order valence-corrected chi connectivity index (χ2v) is 5.97. The number of allylic oxidation sites excluding steroid dienone is 1. The van der Waals surface area contributed by atoms with Crippen molar-refractivity contribution in [2.24, 2.45) is 0 Å². The van der Waals surface area contributed by atoms with E-state index in [-0.39, 0.29) is 17.3 Å². The highest BCUT2D eigenvalue weighted by molar-refractivity contribution is 6.14. The van der Waals surface area contributed by atoms with Gasteiger partial charge < -0.3 is 18.6 Å². The number of fused-ring (bicyclic) bond motifs is 1. The zero-order valence-electron chi connectivity index (χ0n) is 15.0. The molecule has 0 saturated heterocycles. The second kappa shape index (κ2) is 7.44. The van der Waals surface area contributed by atoms with Gasteiger partial charge in [-0.15, -0.1) is 0 Å². The fraction of sp³-hybridized carbons (Fsp3) is 0.0909. The Hall–Kier alpha value is -3.80. The molecule has 1 aromatic heterocycles. The molecule has 0 atom stereocenters. The molecule has 0 spiro atoms. The van der Waals surface area contributed by atoms with Crippen LogP contribution in [0.1, 0.15) is 33.4 Å². The van der Waals surface area contributed by atoms with Crippen molar-refractivity contribution in [3.8, 4) is 17.2 Å². The summed E-state index contributed by atoms with van der Waals surface area (Å²) in [6.07, 6.45) is 3.04. The average Bonchev–Trinajstić information content (AvgIpc) is 3.33. The maximum absolute atomic E-state index is 12.5. The maximum atomic E-state index is 12.5. The Balaban J connectivity index is 1.48. The molecule has 0 N–H and O–H groups in total. The normalized spacial score (nSPS) is 13.9. The molecule has 2 heterocycles. The highest BCUT2D eigenvalue weighted by Gasteiger charge is 2.27. The summed E-state index contributed by atoms with van der Waals surface area (Å²) in [6.45, 7) is 2.42. The Morgan fingerprint density at radius 2 is 1.86 bits per heavy atom. The average molecular weight is 376 g/mol. The Bertz CT molecular complexity index is 1050. The molecule has 1 aliphatic heterocycles. The van der Waals surface area contributed by atoms with Gasteiger partial charge in [-0.25, -0.2) is 4.79 Å². The summed E-state index contributed by atoms with van der Waals surface area (Å²) in [5.41, 5.74) is 1.23. The molecule has 0 radical (unpaired) electrons. The van der Waals surface area contributed by atoms with Crippen LogP contribution in [0.5, 0.6) is 17.2 Å². The van der Waals surface area contributed by atoms with Crippen LogP contribution < -0.4 is 14.2 Å². The first kappa shape index (κ1) is 17.6. The molecule has 0 aliphatic carbocycles. The van der Waals surface area contributed by atoms with E-state index in [1.807, 2.05) is 6.92 Å². The summed E-state index contributed by atoms with van der Waals surface area (Å²) >= 11 is 0. The molecule has 2 aromatic carbocycles. The van der Waals surface area contributed by atoms with Crippen LogP contribution in [0.3, 0.4) is 0 Å². The van der Waals surface area contributed by atoms with Crippen LogP contribution in [-0.4, -0.2) is 18.4 Å². The van der Waals surface area contributed by atoms with Gasteiger partial charge in [0.2, 0.25) is 11.5 Å². The molecular weight excluding hydrogens is 360 g/mol. The topological polar surface area (TPSA) is 75.0 Å². The highest BCUT2D eigenvalue weighted by Crippen LogP contribution is 2.35. The van der Waals surface area contributed by atoms with E-state index in [9.17, 15) is 9.59 Å². The number of furan rings is 1. The first-order valence-corrected chi connectivity index (χ1v) is 8.71. The van der Waals surface area contributed by atoms with Gasteiger partial charge in [0.1, 0.15) is 17.2 Å². The van der Waals surface area contributed by atoms with Gasteiger partial charge in [0, 0.05) is 6.07 Å². The van der Waals surface area contributed by atoms with Crippen LogP contribution in [0.25, 0.3) is 6.08 Å². The summed E-state index contributed by atoms with van der Waals surface area (Å²) < 4.78 is 21.3.